The fourth-order valence-corrected chi connectivity index (χ4v) is 5.74. The van der Waals surface area contributed by atoms with E-state index in [1.165, 1.54) is 22.4 Å². The minimum atomic E-state index is 0.0810. The van der Waals surface area contributed by atoms with Crippen LogP contribution >= 0.6 is 0 Å². The Labute approximate surface area is 195 Å². The topological polar surface area (TPSA) is 58.1 Å². The van der Waals surface area contributed by atoms with Crippen LogP contribution in [0, 0.1) is 5.92 Å². The molecule has 1 aliphatic heterocycles. The van der Waals surface area contributed by atoms with E-state index in [1.54, 1.807) is 0 Å². The van der Waals surface area contributed by atoms with Gasteiger partial charge in [-0.25, -0.2) is 9.97 Å². The fraction of sp³-hybridized carbons (Fsp3) is 0.393. The van der Waals surface area contributed by atoms with Crippen molar-refractivity contribution in [3.05, 3.63) is 77.0 Å². The molecular formula is C28H30N4O. The number of nitrogens with one attached hydrogen (secondary N) is 1. The van der Waals surface area contributed by atoms with E-state index in [9.17, 15) is 4.79 Å². The minimum Gasteiger partial charge on any atom is -0.356 e. The number of carbonyl (C=O) groups is 1. The van der Waals surface area contributed by atoms with Gasteiger partial charge in [-0.1, -0.05) is 54.6 Å². The first-order valence-electron chi connectivity index (χ1n) is 12.3. The summed E-state index contributed by atoms with van der Waals surface area (Å²) in [6.45, 7) is 1.74. The van der Waals surface area contributed by atoms with Gasteiger partial charge < -0.3 is 10.2 Å². The van der Waals surface area contributed by atoms with Gasteiger partial charge in [-0.2, -0.15) is 0 Å². The summed E-state index contributed by atoms with van der Waals surface area (Å²) in [5, 5.41) is 3.35. The Hall–Kier alpha value is -3.21. The number of hydrogen-bond donors (Lipinski definition) is 1. The molecule has 0 radical (unpaired) electrons. The first-order valence-corrected chi connectivity index (χ1v) is 12.3. The number of amides is 1. The molecule has 0 spiro atoms. The van der Waals surface area contributed by atoms with Gasteiger partial charge in [-0.05, 0) is 56.1 Å². The molecular weight excluding hydrogens is 408 g/mol. The van der Waals surface area contributed by atoms with Crippen molar-refractivity contribution in [2.24, 2.45) is 5.92 Å². The summed E-state index contributed by atoms with van der Waals surface area (Å²) in [4.78, 5) is 25.4. The zero-order valence-electron chi connectivity index (χ0n) is 19.0. The smallest absolute Gasteiger partial charge is 0.223 e. The molecule has 5 nitrogen and oxygen atoms in total. The van der Waals surface area contributed by atoms with Crippen LogP contribution in [0.1, 0.15) is 54.1 Å². The molecule has 6 rings (SSSR count). The number of rotatable bonds is 4. The lowest BCUT2D eigenvalue weighted by Crippen LogP contribution is -2.42. The first-order chi connectivity index (χ1) is 16.3. The number of hydrogen-bond acceptors (Lipinski definition) is 4. The number of aromatic nitrogens is 2. The lowest BCUT2D eigenvalue weighted by Gasteiger charge is -2.34. The van der Waals surface area contributed by atoms with Gasteiger partial charge in [-0.3, -0.25) is 4.79 Å². The largest absolute Gasteiger partial charge is 0.356 e. The van der Waals surface area contributed by atoms with Crippen molar-refractivity contribution < 1.29 is 4.79 Å². The van der Waals surface area contributed by atoms with E-state index >= 15 is 0 Å². The Bertz CT molecular complexity index is 1170. The number of nitrogens with zero attached hydrogens (tertiary/aromatic N) is 3. The number of anilines is 1. The van der Waals surface area contributed by atoms with E-state index in [4.69, 9.17) is 9.97 Å². The van der Waals surface area contributed by atoms with E-state index in [2.05, 4.69) is 46.6 Å². The van der Waals surface area contributed by atoms with Gasteiger partial charge in [0.25, 0.3) is 0 Å². The molecule has 1 amide bonds. The molecule has 1 atom stereocenters. The molecule has 1 saturated heterocycles. The molecule has 33 heavy (non-hydrogen) atoms. The van der Waals surface area contributed by atoms with Gasteiger partial charge in [0.1, 0.15) is 5.82 Å². The van der Waals surface area contributed by atoms with Crippen molar-refractivity contribution >= 4 is 11.7 Å². The normalized spacial score (nSPS) is 19.9. The maximum absolute atomic E-state index is 13.1. The predicted molar refractivity (Wildman–Crippen MR) is 130 cm³/mol. The van der Waals surface area contributed by atoms with Gasteiger partial charge >= 0.3 is 0 Å². The van der Waals surface area contributed by atoms with Gasteiger partial charge in [0.05, 0.1) is 6.04 Å². The molecule has 2 heterocycles. The summed E-state index contributed by atoms with van der Waals surface area (Å²) >= 11 is 0. The molecule has 1 aromatic heterocycles. The zero-order valence-corrected chi connectivity index (χ0v) is 19.0. The molecule has 1 N–H and O–H groups in total. The molecule has 0 saturated carbocycles. The highest BCUT2D eigenvalue weighted by Gasteiger charge is 2.31. The second kappa shape index (κ2) is 8.62. The van der Waals surface area contributed by atoms with Crippen molar-refractivity contribution in [1.82, 2.24) is 15.3 Å². The number of fused-ring (bicyclic) bond motifs is 2. The van der Waals surface area contributed by atoms with Crippen molar-refractivity contribution in [3.63, 3.8) is 0 Å². The summed E-state index contributed by atoms with van der Waals surface area (Å²) in [5.74, 6) is 2.22. The van der Waals surface area contributed by atoms with Gasteiger partial charge in [-0.15, -0.1) is 0 Å². The summed E-state index contributed by atoms with van der Waals surface area (Å²) in [7, 11) is 0. The Morgan fingerprint density at radius 1 is 0.879 bits per heavy atom. The van der Waals surface area contributed by atoms with Crippen LogP contribution in [0.15, 0.2) is 54.6 Å². The van der Waals surface area contributed by atoms with Crippen LogP contribution in [0.2, 0.25) is 0 Å². The molecule has 2 aromatic carbocycles. The quantitative estimate of drug-likeness (QED) is 0.644. The van der Waals surface area contributed by atoms with Crippen LogP contribution in [-0.2, 0) is 24.1 Å². The lowest BCUT2D eigenvalue weighted by atomic mass is 9.94. The number of carbonyl (C=O) groups excluding carboxylic acids is 1. The zero-order chi connectivity index (χ0) is 22.2. The highest BCUT2D eigenvalue weighted by atomic mass is 16.2. The first kappa shape index (κ1) is 20.4. The molecule has 1 fully saturated rings. The molecule has 3 aromatic rings. The SMILES string of the molecule is O=C(NC1CCc2ccccc21)C1CCN(c2nc(-c3ccccc3)nc3c2CCC3)CC1. The van der Waals surface area contributed by atoms with Crippen LogP contribution in [-0.4, -0.2) is 29.0 Å². The third-order valence-corrected chi connectivity index (χ3v) is 7.56. The molecule has 0 bridgehead atoms. The number of aryl methyl sites for hydroxylation is 2. The Morgan fingerprint density at radius 3 is 2.52 bits per heavy atom. The second-order valence-corrected chi connectivity index (χ2v) is 9.58. The molecule has 1 unspecified atom stereocenters. The van der Waals surface area contributed by atoms with E-state index in [-0.39, 0.29) is 17.9 Å². The van der Waals surface area contributed by atoms with Crippen molar-refractivity contribution in [2.45, 2.75) is 51.0 Å². The highest BCUT2D eigenvalue weighted by molar-refractivity contribution is 5.79. The van der Waals surface area contributed by atoms with Gasteiger partial charge in [0, 0.05) is 35.8 Å². The van der Waals surface area contributed by atoms with Gasteiger partial charge in [0.15, 0.2) is 5.82 Å². The monoisotopic (exact) mass is 438 g/mol. The number of piperidine rings is 1. The summed E-state index contributed by atoms with van der Waals surface area (Å²) in [6, 6.07) is 19.0. The maximum atomic E-state index is 13.1. The molecule has 5 heteroatoms. The fourth-order valence-electron chi connectivity index (χ4n) is 5.74. The van der Waals surface area contributed by atoms with E-state index in [1.807, 2.05) is 18.2 Å². The Kier molecular flexibility index (Phi) is 5.33. The molecule has 3 aliphatic rings. The summed E-state index contributed by atoms with van der Waals surface area (Å²) in [5.41, 5.74) is 6.27. The third-order valence-electron chi connectivity index (χ3n) is 7.56. The summed E-state index contributed by atoms with van der Waals surface area (Å²) in [6.07, 6.45) is 7.06. The average Bonchev–Trinajstić information content (AvgIpc) is 3.51. The molecule has 2 aliphatic carbocycles. The van der Waals surface area contributed by atoms with Crippen LogP contribution in [0.4, 0.5) is 5.82 Å². The van der Waals surface area contributed by atoms with Crippen molar-refractivity contribution in [2.75, 3.05) is 18.0 Å². The summed E-state index contributed by atoms with van der Waals surface area (Å²) < 4.78 is 0. The Morgan fingerprint density at radius 2 is 1.67 bits per heavy atom. The number of benzene rings is 2. The van der Waals surface area contributed by atoms with Crippen LogP contribution in [0.3, 0.4) is 0 Å². The third kappa shape index (κ3) is 3.90. The standard InChI is InChI=1S/C28H30N4O/c33-28(30-25-14-13-19-7-4-5-10-22(19)25)21-15-17-32(18-16-21)27-23-11-6-12-24(23)29-26(31-27)20-8-2-1-3-9-20/h1-5,7-10,21,25H,6,11-18H2,(H,30,33). The average molecular weight is 439 g/mol. The van der Waals surface area contributed by atoms with Crippen LogP contribution < -0.4 is 10.2 Å². The van der Waals surface area contributed by atoms with Crippen LogP contribution in [0.5, 0.6) is 0 Å². The highest BCUT2D eigenvalue weighted by Crippen LogP contribution is 2.34. The molecule has 168 valence electrons. The second-order valence-electron chi connectivity index (χ2n) is 9.58. The Balaban J connectivity index is 1.16. The van der Waals surface area contributed by atoms with E-state index in [0.29, 0.717) is 0 Å². The van der Waals surface area contributed by atoms with Crippen LogP contribution in [0.25, 0.3) is 11.4 Å². The predicted octanol–water partition coefficient (Wildman–Crippen LogP) is 4.65. The van der Waals surface area contributed by atoms with E-state index in [0.717, 1.165) is 75.2 Å². The van der Waals surface area contributed by atoms with Crippen molar-refractivity contribution in [1.29, 1.82) is 0 Å². The minimum absolute atomic E-state index is 0.0810. The van der Waals surface area contributed by atoms with E-state index < -0.39 is 0 Å². The maximum Gasteiger partial charge on any atom is 0.223 e. The van der Waals surface area contributed by atoms with Crippen molar-refractivity contribution in [3.8, 4) is 11.4 Å². The van der Waals surface area contributed by atoms with Gasteiger partial charge in [0.2, 0.25) is 5.91 Å². The lowest BCUT2D eigenvalue weighted by molar-refractivity contribution is -0.126.